The van der Waals surface area contributed by atoms with Crippen LogP contribution in [0.1, 0.15) is 23.7 Å². The van der Waals surface area contributed by atoms with E-state index in [2.05, 4.69) is 16.8 Å². The fourth-order valence-corrected chi connectivity index (χ4v) is 2.28. The minimum absolute atomic E-state index is 0.175. The van der Waals surface area contributed by atoms with Crippen molar-refractivity contribution in [1.82, 2.24) is 9.88 Å². The monoisotopic (exact) mass is 234 g/mol. The number of likely N-dealkylation sites (N-methyl/N-ethyl adjacent to an activating group) is 1. The molecular weight excluding hydrogens is 220 g/mol. The number of hydrogen-bond acceptors (Lipinski definition) is 4. The van der Waals surface area contributed by atoms with Gasteiger partial charge in [0.25, 0.3) is 0 Å². The molecule has 1 unspecified atom stereocenters. The molecule has 0 radical (unpaired) electrons. The Balaban J connectivity index is 2.63. The predicted octanol–water partition coefficient (Wildman–Crippen LogP) is 1.87. The van der Waals surface area contributed by atoms with Gasteiger partial charge in [-0.3, -0.25) is 4.90 Å². The van der Waals surface area contributed by atoms with Crippen molar-refractivity contribution in [1.29, 1.82) is 0 Å². The second-order valence-corrected chi connectivity index (χ2v) is 4.35. The maximum Gasteiger partial charge on any atom is 0.110 e. The topological polar surface area (TPSA) is 36.4 Å². The first-order chi connectivity index (χ1) is 6.69. The van der Waals surface area contributed by atoms with E-state index >= 15 is 0 Å². The van der Waals surface area contributed by atoms with E-state index in [1.54, 1.807) is 11.3 Å². The summed E-state index contributed by atoms with van der Waals surface area (Å²) in [4.78, 5) is 6.46. The van der Waals surface area contributed by atoms with E-state index in [0.717, 1.165) is 10.7 Å². The van der Waals surface area contributed by atoms with Crippen LogP contribution in [-0.2, 0) is 5.88 Å². The average Bonchev–Trinajstić information content (AvgIpc) is 2.65. The summed E-state index contributed by atoms with van der Waals surface area (Å²) >= 11 is 7.29. The number of halogens is 1. The fraction of sp³-hybridized carbons (Fsp3) is 0.667. The number of hydrogen-bond donors (Lipinski definition) is 1. The normalized spacial score (nSPS) is 13.5. The van der Waals surface area contributed by atoms with Crippen molar-refractivity contribution in [3.8, 4) is 0 Å². The van der Waals surface area contributed by atoms with Crippen LogP contribution >= 0.6 is 22.9 Å². The zero-order chi connectivity index (χ0) is 10.6. The highest BCUT2D eigenvalue weighted by molar-refractivity contribution is 7.09. The van der Waals surface area contributed by atoms with Crippen molar-refractivity contribution in [2.45, 2.75) is 18.8 Å². The molecule has 1 aromatic heterocycles. The summed E-state index contributed by atoms with van der Waals surface area (Å²) in [5.41, 5.74) is 0.927. The van der Waals surface area contributed by atoms with Crippen molar-refractivity contribution in [2.75, 3.05) is 20.2 Å². The number of aliphatic hydroxyl groups is 1. The van der Waals surface area contributed by atoms with Crippen molar-refractivity contribution < 1.29 is 5.11 Å². The van der Waals surface area contributed by atoms with Gasteiger partial charge in [0.05, 0.1) is 24.2 Å². The fourth-order valence-electron chi connectivity index (χ4n) is 1.12. The second-order valence-electron chi connectivity index (χ2n) is 3.19. The molecule has 0 spiro atoms. The Morgan fingerprint density at radius 1 is 1.71 bits per heavy atom. The van der Waals surface area contributed by atoms with Gasteiger partial charge in [-0.2, -0.15) is 0 Å². The molecule has 1 aromatic rings. The lowest BCUT2D eigenvalue weighted by atomic mass is 10.3. The van der Waals surface area contributed by atoms with Gasteiger partial charge in [0.1, 0.15) is 5.01 Å². The Kier molecular flexibility index (Phi) is 4.81. The molecular formula is C9H15ClN2OS. The molecule has 0 aliphatic carbocycles. The predicted molar refractivity (Wildman–Crippen MR) is 59.8 cm³/mol. The number of thiazole rings is 1. The minimum Gasteiger partial charge on any atom is -0.395 e. The molecule has 0 fully saturated rings. The lowest BCUT2D eigenvalue weighted by molar-refractivity contribution is 0.188. The molecule has 0 aromatic carbocycles. The van der Waals surface area contributed by atoms with Crippen molar-refractivity contribution in [2.24, 2.45) is 0 Å². The maximum absolute atomic E-state index is 8.80. The molecule has 0 aliphatic rings. The van der Waals surface area contributed by atoms with E-state index < -0.39 is 0 Å². The zero-order valence-corrected chi connectivity index (χ0v) is 9.98. The van der Waals surface area contributed by atoms with Gasteiger partial charge in [0.2, 0.25) is 0 Å². The number of aromatic nitrogens is 1. The van der Waals surface area contributed by atoms with Gasteiger partial charge in [-0.05, 0) is 14.0 Å². The SMILES string of the molecule is CC(c1nc(CCl)cs1)N(C)CCO. The van der Waals surface area contributed by atoms with Crippen LogP contribution in [0.5, 0.6) is 0 Å². The average molecular weight is 235 g/mol. The molecule has 1 N–H and O–H groups in total. The zero-order valence-electron chi connectivity index (χ0n) is 8.40. The molecule has 0 saturated carbocycles. The first-order valence-corrected chi connectivity index (χ1v) is 5.91. The summed E-state index contributed by atoms with van der Waals surface area (Å²) in [6.45, 7) is 2.91. The molecule has 1 atom stereocenters. The van der Waals surface area contributed by atoms with Gasteiger partial charge in [-0.1, -0.05) is 0 Å². The smallest absolute Gasteiger partial charge is 0.110 e. The summed E-state index contributed by atoms with van der Waals surface area (Å²) in [7, 11) is 1.97. The summed E-state index contributed by atoms with van der Waals surface area (Å²) in [6.07, 6.45) is 0. The van der Waals surface area contributed by atoms with Crippen LogP contribution in [0.2, 0.25) is 0 Å². The van der Waals surface area contributed by atoms with Crippen LogP contribution in [0.3, 0.4) is 0 Å². The molecule has 0 saturated heterocycles. The third kappa shape index (κ3) is 2.92. The Morgan fingerprint density at radius 2 is 2.43 bits per heavy atom. The number of alkyl halides is 1. The third-order valence-corrected chi connectivity index (χ3v) is 3.52. The summed E-state index contributed by atoms with van der Waals surface area (Å²) in [6, 6.07) is 0.240. The molecule has 0 aliphatic heterocycles. The summed E-state index contributed by atoms with van der Waals surface area (Å²) in [5, 5.41) is 11.8. The van der Waals surface area contributed by atoms with Crippen molar-refractivity contribution in [3.05, 3.63) is 16.1 Å². The van der Waals surface area contributed by atoms with E-state index in [-0.39, 0.29) is 12.6 Å². The first-order valence-electron chi connectivity index (χ1n) is 4.50. The molecule has 80 valence electrons. The van der Waals surface area contributed by atoms with Crippen LogP contribution in [-0.4, -0.2) is 35.2 Å². The van der Waals surface area contributed by atoms with Crippen LogP contribution < -0.4 is 0 Å². The van der Waals surface area contributed by atoms with E-state index in [1.807, 2.05) is 12.4 Å². The van der Waals surface area contributed by atoms with Crippen molar-refractivity contribution >= 4 is 22.9 Å². The number of rotatable bonds is 5. The van der Waals surface area contributed by atoms with Gasteiger partial charge >= 0.3 is 0 Å². The van der Waals surface area contributed by atoms with E-state index in [0.29, 0.717) is 12.4 Å². The largest absolute Gasteiger partial charge is 0.395 e. The Hall–Kier alpha value is -0.160. The van der Waals surface area contributed by atoms with Crippen LogP contribution in [0.25, 0.3) is 0 Å². The number of aliphatic hydroxyl groups excluding tert-OH is 1. The van der Waals surface area contributed by atoms with Gasteiger partial charge in [-0.25, -0.2) is 4.98 Å². The third-order valence-electron chi connectivity index (χ3n) is 2.18. The lowest BCUT2D eigenvalue weighted by Crippen LogP contribution is -2.25. The molecule has 14 heavy (non-hydrogen) atoms. The summed E-state index contributed by atoms with van der Waals surface area (Å²) in [5.74, 6) is 0.465. The molecule has 5 heteroatoms. The van der Waals surface area contributed by atoms with E-state index in [9.17, 15) is 0 Å². The van der Waals surface area contributed by atoms with E-state index in [1.165, 1.54) is 0 Å². The van der Waals surface area contributed by atoms with Gasteiger partial charge in [-0.15, -0.1) is 22.9 Å². The minimum atomic E-state index is 0.175. The van der Waals surface area contributed by atoms with Gasteiger partial charge in [0.15, 0.2) is 0 Å². The molecule has 0 bridgehead atoms. The molecule has 3 nitrogen and oxygen atoms in total. The first kappa shape index (κ1) is 11.9. The second kappa shape index (κ2) is 5.66. The van der Waals surface area contributed by atoms with Crippen LogP contribution in [0, 0.1) is 0 Å². The Labute approximate surface area is 93.3 Å². The lowest BCUT2D eigenvalue weighted by Gasteiger charge is -2.21. The quantitative estimate of drug-likeness (QED) is 0.791. The molecule has 1 heterocycles. The van der Waals surface area contributed by atoms with E-state index in [4.69, 9.17) is 16.7 Å². The molecule has 1 rings (SSSR count). The van der Waals surface area contributed by atoms with Gasteiger partial charge in [0, 0.05) is 11.9 Å². The number of nitrogens with zero attached hydrogens (tertiary/aromatic N) is 2. The highest BCUT2D eigenvalue weighted by Gasteiger charge is 2.14. The standard InChI is InChI=1S/C9H15ClN2OS/c1-7(12(2)3-4-13)9-11-8(5-10)6-14-9/h6-7,13H,3-5H2,1-2H3. The summed E-state index contributed by atoms with van der Waals surface area (Å²) < 4.78 is 0. The maximum atomic E-state index is 8.80. The highest BCUT2D eigenvalue weighted by Crippen LogP contribution is 2.22. The van der Waals surface area contributed by atoms with Crippen LogP contribution in [0.4, 0.5) is 0 Å². The molecule has 0 amide bonds. The van der Waals surface area contributed by atoms with Crippen molar-refractivity contribution in [3.63, 3.8) is 0 Å². The van der Waals surface area contributed by atoms with Gasteiger partial charge < -0.3 is 5.11 Å². The Morgan fingerprint density at radius 3 is 2.93 bits per heavy atom. The Bertz CT molecular complexity index is 280. The highest BCUT2D eigenvalue weighted by atomic mass is 35.5. The van der Waals surface area contributed by atoms with Crippen LogP contribution in [0.15, 0.2) is 5.38 Å².